The number of aliphatic imine (C=N–C) groups is 1. The maximum absolute atomic E-state index is 5.98. The molecule has 5 heteroatoms. The second kappa shape index (κ2) is 8.58. The lowest BCUT2D eigenvalue weighted by Gasteiger charge is -2.40. The van der Waals surface area contributed by atoms with Crippen LogP contribution in [0.15, 0.2) is 29.3 Å². The van der Waals surface area contributed by atoms with E-state index in [2.05, 4.69) is 29.4 Å². The van der Waals surface area contributed by atoms with Crippen LogP contribution in [0.4, 0.5) is 5.69 Å². The van der Waals surface area contributed by atoms with E-state index >= 15 is 0 Å². The summed E-state index contributed by atoms with van der Waals surface area (Å²) >= 11 is 0. The number of halogens is 1. The van der Waals surface area contributed by atoms with E-state index in [0.29, 0.717) is 11.4 Å². The maximum atomic E-state index is 5.98. The summed E-state index contributed by atoms with van der Waals surface area (Å²) in [6.07, 6.45) is 4.84. The fourth-order valence-electron chi connectivity index (χ4n) is 2.65. The molecule has 3 N–H and O–H groups in total. The fourth-order valence-corrected chi connectivity index (χ4v) is 2.65. The molecule has 0 radical (unpaired) electrons. The van der Waals surface area contributed by atoms with Crippen LogP contribution in [0.1, 0.15) is 31.2 Å². The Morgan fingerprint density at radius 2 is 2.19 bits per heavy atom. The molecular weight excluding hydrogens is 377 g/mol. The number of nitrogens with zero attached hydrogens (tertiary/aromatic N) is 1. The molecule has 0 unspecified atom stereocenters. The zero-order valence-electron chi connectivity index (χ0n) is 12.9. The van der Waals surface area contributed by atoms with Crippen molar-refractivity contribution in [3.63, 3.8) is 0 Å². The Bertz CT molecular complexity index is 472. The summed E-state index contributed by atoms with van der Waals surface area (Å²) in [5.74, 6) is 0.499. The van der Waals surface area contributed by atoms with E-state index in [4.69, 9.17) is 10.5 Å². The van der Waals surface area contributed by atoms with Gasteiger partial charge in [-0.15, -0.1) is 24.0 Å². The Hall–Kier alpha value is -0.820. The van der Waals surface area contributed by atoms with Crippen molar-refractivity contribution in [3.8, 4) is 0 Å². The lowest BCUT2D eigenvalue weighted by molar-refractivity contribution is 0.0780. The molecule has 1 aliphatic rings. The van der Waals surface area contributed by atoms with Crippen LogP contribution in [0.25, 0.3) is 0 Å². The van der Waals surface area contributed by atoms with Crippen molar-refractivity contribution < 1.29 is 4.74 Å². The van der Waals surface area contributed by atoms with Gasteiger partial charge in [-0.05, 0) is 49.3 Å². The molecule has 0 heterocycles. The zero-order chi connectivity index (χ0) is 14.4. The zero-order valence-corrected chi connectivity index (χ0v) is 15.2. The highest BCUT2D eigenvalue weighted by atomic mass is 127. The van der Waals surface area contributed by atoms with Crippen LogP contribution in [0.5, 0.6) is 0 Å². The summed E-state index contributed by atoms with van der Waals surface area (Å²) in [5, 5.41) is 3.16. The molecule has 4 nitrogen and oxygen atoms in total. The highest BCUT2D eigenvalue weighted by Crippen LogP contribution is 2.44. The van der Waals surface area contributed by atoms with Gasteiger partial charge in [0, 0.05) is 25.9 Å². The highest BCUT2D eigenvalue weighted by Gasteiger charge is 2.36. The number of benzene rings is 1. The first kappa shape index (κ1) is 18.2. The van der Waals surface area contributed by atoms with Crippen LogP contribution >= 0.6 is 24.0 Å². The van der Waals surface area contributed by atoms with Crippen LogP contribution in [0, 0.1) is 12.3 Å². The average Bonchev–Trinajstić information content (AvgIpc) is 2.37. The van der Waals surface area contributed by atoms with Crippen LogP contribution in [-0.4, -0.2) is 26.2 Å². The van der Waals surface area contributed by atoms with Gasteiger partial charge >= 0.3 is 0 Å². The van der Waals surface area contributed by atoms with Gasteiger partial charge in [0.25, 0.3) is 0 Å². The molecule has 1 aromatic carbocycles. The predicted octanol–water partition coefficient (Wildman–Crippen LogP) is 3.55. The van der Waals surface area contributed by atoms with Crippen molar-refractivity contribution in [1.82, 2.24) is 0 Å². The number of nitrogens with two attached hydrogens (primary N) is 1. The molecule has 0 bridgehead atoms. The molecule has 0 amide bonds. The molecule has 0 atom stereocenters. The number of methoxy groups -OCH3 is 1. The fraction of sp³-hybridized carbons (Fsp3) is 0.562. The molecule has 1 saturated carbocycles. The molecule has 118 valence electrons. The summed E-state index contributed by atoms with van der Waals surface area (Å²) in [7, 11) is 1.75. The van der Waals surface area contributed by atoms with Crippen molar-refractivity contribution in [3.05, 3.63) is 29.8 Å². The van der Waals surface area contributed by atoms with E-state index in [1.807, 2.05) is 12.1 Å². The highest BCUT2D eigenvalue weighted by molar-refractivity contribution is 14.0. The third kappa shape index (κ3) is 5.47. The van der Waals surface area contributed by atoms with E-state index in [1.165, 1.54) is 24.8 Å². The third-order valence-corrected chi connectivity index (χ3v) is 4.13. The standard InChI is InChI=1S/C16H25N3O.HI/c1-13-5-3-6-14(11-13)19-15(17)18-12-16(7-4-8-16)9-10-20-2;/h3,5-6,11H,4,7-10,12H2,1-2H3,(H3,17,18,19);1H. The van der Waals surface area contributed by atoms with E-state index in [9.17, 15) is 0 Å². The number of hydrogen-bond acceptors (Lipinski definition) is 2. The van der Waals surface area contributed by atoms with Crippen molar-refractivity contribution >= 4 is 35.6 Å². The maximum Gasteiger partial charge on any atom is 0.193 e. The second-order valence-corrected chi connectivity index (χ2v) is 5.79. The van der Waals surface area contributed by atoms with Gasteiger partial charge in [-0.3, -0.25) is 4.99 Å². The molecule has 1 aliphatic carbocycles. The summed E-state index contributed by atoms with van der Waals surface area (Å²) in [5.41, 5.74) is 8.49. The molecule has 1 aromatic rings. The van der Waals surface area contributed by atoms with Gasteiger partial charge < -0.3 is 15.8 Å². The quantitative estimate of drug-likeness (QED) is 0.434. The number of guanidine groups is 1. The van der Waals surface area contributed by atoms with E-state index in [0.717, 1.165) is 25.3 Å². The number of aryl methyl sites for hydroxylation is 1. The average molecular weight is 403 g/mol. The van der Waals surface area contributed by atoms with Gasteiger partial charge in [0.05, 0.1) is 0 Å². The second-order valence-electron chi connectivity index (χ2n) is 5.79. The molecule has 2 rings (SSSR count). The van der Waals surface area contributed by atoms with Crippen molar-refractivity contribution in [2.45, 2.75) is 32.6 Å². The number of rotatable bonds is 6. The minimum absolute atomic E-state index is 0. The van der Waals surface area contributed by atoms with E-state index in [1.54, 1.807) is 7.11 Å². The Balaban J connectivity index is 0.00000220. The lowest BCUT2D eigenvalue weighted by Crippen LogP contribution is -2.35. The molecule has 0 aliphatic heterocycles. The third-order valence-electron chi connectivity index (χ3n) is 4.13. The Morgan fingerprint density at radius 1 is 1.43 bits per heavy atom. The van der Waals surface area contributed by atoms with Gasteiger partial charge in [-0.1, -0.05) is 18.6 Å². The summed E-state index contributed by atoms with van der Waals surface area (Å²) in [6, 6.07) is 8.13. The van der Waals surface area contributed by atoms with E-state index in [-0.39, 0.29) is 24.0 Å². The molecule has 0 spiro atoms. The van der Waals surface area contributed by atoms with Crippen molar-refractivity contribution in [2.24, 2.45) is 16.1 Å². The monoisotopic (exact) mass is 403 g/mol. The first-order chi connectivity index (χ1) is 9.63. The van der Waals surface area contributed by atoms with Gasteiger partial charge in [0.15, 0.2) is 5.96 Å². The molecular formula is C16H26IN3O. The summed E-state index contributed by atoms with van der Waals surface area (Å²) in [4.78, 5) is 4.52. The molecule has 0 saturated heterocycles. The number of hydrogen-bond donors (Lipinski definition) is 2. The van der Waals surface area contributed by atoms with Crippen LogP contribution in [-0.2, 0) is 4.74 Å². The summed E-state index contributed by atoms with van der Waals surface area (Å²) in [6.45, 7) is 3.66. The van der Waals surface area contributed by atoms with Gasteiger partial charge in [-0.25, -0.2) is 0 Å². The van der Waals surface area contributed by atoms with Gasteiger partial charge in [0.2, 0.25) is 0 Å². The van der Waals surface area contributed by atoms with Crippen molar-refractivity contribution in [1.29, 1.82) is 0 Å². The Labute approximate surface area is 144 Å². The van der Waals surface area contributed by atoms with Crippen LogP contribution in [0.2, 0.25) is 0 Å². The number of nitrogens with one attached hydrogen (secondary N) is 1. The number of anilines is 1. The first-order valence-corrected chi connectivity index (χ1v) is 7.26. The molecule has 0 aromatic heterocycles. The Kier molecular flexibility index (Phi) is 7.45. The normalized spacial score (nSPS) is 16.8. The molecule has 1 fully saturated rings. The van der Waals surface area contributed by atoms with Crippen LogP contribution in [0.3, 0.4) is 0 Å². The minimum Gasteiger partial charge on any atom is -0.385 e. The number of ether oxygens (including phenoxy) is 1. The summed E-state index contributed by atoms with van der Waals surface area (Å²) < 4.78 is 5.19. The smallest absolute Gasteiger partial charge is 0.193 e. The first-order valence-electron chi connectivity index (χ1n) is 7.26. The minimum atomic E-state index is 0. The van der Waals surface area contributed by atoms with Crippen molar-refractivity contribution in [2.75, 3.05) is 25.6 Å². The molecule has 21 heavy (non-hydrogen) atoms. The lowest BCUT2D eigenvalue weighted by atomic mass is 9.67. The van der Waals surface area contributed by atoms with Gasteiger partial charge in [-0.2, -0.15) is 0 Å². The van der Waals surface area contributed by atoms with Gasteiger partial charge in [0.1, 0.15) is 0 Å². The Morgan fingerprint density at radius 3 is 2.76 bits per heavy atom. The largest absolute Gasteiger partial charge is 0.385 e. The SMILES string of the molecule is COCCC1(CN=C(N)Nc2cccc(C)c2)CCC1.I. The van der Waals surface area contributed by atoms with E-state index < -0.39 is 0 Å². The van der Waals surface area contributed by atoms with Crippen LogP contribution < -0.4 is 11.1 Å². The predicted molar refractivity (Wildman–Crippen MR) is 99.5 cm³/mol. The topological polar surface area (TPSA) is 59.6 Å².